The van der Waals surface area contributed by atoms with Gasteiger partial charge in [-0.2, -0.15) is 5.26 Å². The lowest BCUT2D eigenvalue weighted by molar-refractivity contribution is 0.414. The number of nitrogens with zero attached hydrogens (tertiary/aromatic N) is 3. The predicted molar refractivity (Wildman–Crippen MR) is 106 cm³/mol. The molecule has 0 saturated heterocycles. The van der Waals surface area contributed by atoms with Crippen LogP contribution >= 0.6 is 0 Å². The Labute approximate surface area is 163 Å². The van der Waals surface area contributed by atoms with Gasteiger partial charge in [-0.25, -0.2) is 8.42 Å². The number of hydrogen-bond donors (Lipinski definition) is 0. The molecule has 0 atom stereocenters. The van der Waals surface area contributed by atoms with Crippen LogP contribution in [0.4, 0.5) is 5.69 Å². The van der Waals surface area contributed by atoms with E-state index in [1.54, 1.807) is 54.7 Å². The third-order valence-corrected chi connectivity index (χ3v) is 6.59. The van der Waals surface area contributed by atoms with Crippen LogP contribution in [0.25, 0.3) is 11.3 Å². The fraction of sp³-hybridized carbons (Fsp3) is 0.143. The first-order valence-corrected chi connectivity index (χ1v) is 10.1. The van der Waals surface area contributed by atoms with Gasteiger partial charge in [0.25, 0.3) is 10.0 Å². The molecule has 28 heavy (non-hydrogen) atoms. The van der Waals surface area contributed by atoms with E-state index >= 15 is 0 Å². The van der Waals surface area contributed by atoms with Crippen molar-refractivity contribution in [3.05, 3.63) is 71.9 Å². The van der Waals surface area contributed by atoms with Crippen molar-refractivity contribution >= 4 is 15.7 Å². The van der Waals surface area contributed by atoms with Gasteiger partial charge >= 0.3 is 0 Å². The molecule has 0 bridgehead atoms. The second kappa shape index (κ2) is 6.98. The maximum absolute atomic E-state index is 13.3. The monoisotopic (exact) mass is 391 g/mol. The van der Waals surface area contributed by atoms with Gasteiger partial charge in [-0.3, -0.25) is 9.29 Å². The number of hydrogen-bond acceptors (Lipinski definition) is 5. The van der Waals surface area contributed by atoms with Crippen molar-refractivity contribution in [1.29, 1.82) is 5.26 Å². The highest BCUT2D eigenvalue weighted by Gasteiger charge is 2.33. The summed E-state index contributed by atoms with van der Waals surface area (Å²) in [6, 6.07) is 17.3. The van der Waals surface area contributed by atoms with Gasteiger partial charge in [0, 0.05) is 18.3 Å². The molecule has 2 aromatic carbocycles. The fourth-order valence-corrected chi connectivity index (χ4v) is 4.85. The van der Waals surface area contributed by atoms with Crippen LogP contribution in [0.15, 0.2) is 65.7 Å². The number of ether oxygens (including phenoxy) is 1. The first-order chi connectivity index (χ1) is 13.5. The zero-order valence-corrected chi connectivity index (χ0v) is 16.0. The highest BCUT2D eigenvalue weighted by atomic mass is 32.2. The molecule has 0 spiro atoms. The molecule has 2 heterocycles. The number of aromatic nitrogens is 1. The number of benzene rings is 2. The summed E-state index contributed by atoms with van der Waals surface area (Å²) in [7, 11) is -2.20. The minimum atomic E-state index is -3.73. The number of pyridine rings is 1. The fourth-order valence-electron chi connectivity index (χ4n) is 3.34. The summed E-state index contributed by atoms with van der Waals surface area (Å²) in [6.45, 7) is 0.360. The van der Waals surface area contributed by atoms with Gasteiger partial charge in [-0.1, -0.05) is 12.1 Å². The number of rotatable bonds is 4. The second-order valence-corrected chi connectivity index (χ2v) is 8.22. The van der Waals surface area contributed by atoms with Crippen LogP contribution in [0.3, 0.4) is 0 Å². The molecule has 1 aliphatic heterocycles. The van der Waals surface area contributed by atoms with Crippen LogP contribution in [-0.2, 0) is 16.4 Å². The summed E-state index contributed by atoms with van der Waals surface area (Å²) in [6.07, 6.45) is 2.31. The van der Waals surface area contributed by atoms with Crippen LogP contribution in [0, 0.1) is 11.3 Å². The average Bonchev–Trinajstić information content (AvgIpc) is 3.19. The van der Waals surface area contributed by atoms with Gasteiger partial charge < -0.3 is 4.74 Å². The quantitative estimate of drug-likeness (QED) is 0.681. The Morgan fingerprint density at radius 1 is 1.07 bits per heavy atom. The lowest BCUT2D eigenvalue weighted by atomic mass is 10.1. The summed E-state index contributed by atoms with van der Waals surface area (Å²) in [4.78, 5) is 4.66. The summed E-state index contributed by atoms with van der Waals surface area (Å²) in [5, 5.41) is 9.00. The molecule has 0 radical (unpaired) electrons. The van der Waals surface area contributed by atoms with Crippen molar-refractivity contribution in [3.63, 3.8) is 0 Å². The zero-order valence-electron chi connectivity index (χ0n) is 15.2. The molecule has 7 heteroatoms. The minimum Gasteiger partial charge on any atom is -0.497 e. The van der Waals surface area contributed by atoms with Gasteiger partial charge in [-0.05, 0) is 54.4 Å². The third-order valence-electron chi connectivity index (χ3n) is 4.78. The van der Waals surface area contributed by atoms with Gasteiger partial charge in [0.15, 0.2) is 0 Å². The molecule has 0 N–H and O–H groups in total. The lowest BCUT2D eigenvalue weighted by Crippen LogP contribution is -2.29. The maximum atomic E-state index is 13.3. The first kappa shape index (κ1) is 18.0. The molecular weight excluding hydrogens is 374 g/mol. The van der Waals surface area contributed by atoms with E-state index in [1.165, 1.54) is 11.4 Å². The van der Waals surface area contributed by atoms with Crippen LogP contribution in [-0.4, -0.2) is 27.1 Å². The number of methoxy groups -OCH3 is 1. The molecular formula is C21H17N3O3S. The standard InChI is InChI=1S/C21H17N3O3S/c1-27-18-6-8-19(9-7-18)28(25,26)24-13-11-17-10-12-23-20(21(17)24)16-4-2-15(14-22)3-5-16/h2-10,12H,11,13H2,1H3. The van der Waals surface area contributed by atoms with E-state index in [0.29, 0.717) is 35.7 Å². The van der Waals surface area contributed by atoms with Gasteiger partial charge in [0.2, 0.25) is 0 Å². The van der Waals surface area contributed by atoms with Crippen molar-refractivity contribution in [1.82, 2.24) is 4.98 Å². The molecule has 0 aliphatic carbocycles. The Morgan fingerprint density at radius 3 is 2.43 bits per heavy atom. The number of nitriles is 1. The van der Waals surface area contributed by atoms with Crippen LogP contribution in [0.1, 0.15) is 11.1 Å². The molecule has 0 amide bonds. The smallest absolute Gasteiger partial charge is 0.264 e. The van der Waals surface area contributed by atoms with Crippen molar-refractivity contribution in [3.8, 4) is 23.1 Å². The molecule has 4 rings (SSSR count). The van der Waals surface area contributed by atoms with Crippen molar-refractivity contribution in [2.24, 2.45) is 0 Å². The molecule has 3 aromatic rings. The number of sulfonamides is 1. The van der Waals surface area contributed by atoms with E-state index in [1.807, 2.05) is 6.07 Å². The largest absolute Gasteiger partial charge is 0.497 e. The van der Waals surface area contributed by atoms with E-state index < -0.39 is 10.0 Å². The van der Waals surface area contributed by atoms with Crippen molar-refractivity contribution < 1.29 is 13.2 Å². The molecule has 0 unspecified atom stereocenters. The lowest BCUT2D eigenvalue weighted by Gasteiger charge is -2.22. The van der Waals surface area contributed by atoms with Crippen molar-refractivity contribution in [2.45, 2.75) is 11.3 Å². The predicted octanol–water partition coefficient (Wildman–Crippen LogP) is 3.38. The molecule has 0 fully saturated rings. The van der Waals surface area contributed by atoms with Crippen molar-refractivity contribution in [2.75, 3.05) is 18.0 Å². The molecule has 6 nitrogen and oxygen atoms in total. The Balaban J connectivity index is 1.80. The first-order valence-electron chi connectivity index (χ1n) is 8.70. The van der Waals surface area contributed by atoms with E-state index in [0.717, 1.165) is 11.1 Å². The SMILES string of the molecule is COc1ccc(S(=O)(=O)N2CCc3ccnc(-c4ccc(C#N)cc4)c32)cc1. The molecule has 1 aliphatic rings. The van der Waals surface area contributed by atoms with Crippen LogP contribution < -0.4 is 9.04 Å². The van der Waals surface area contributed by atoms with Gasteiger partial charge in [-0.15, -0.1) is 0 Å². The highest BCUT2D eigenvalue weighted by Crippen LogP contribution is 2.39. The van der Waals surface area contributed by atoms with Gasteiger partial charge in [0.05, 0.1) is 35.0 Å². The van der Waals surface area contributed by atoms with E-state index in [-0.39, 0.29) is 4.90 Å². The summed E-state index contributed by atoms with van der Waals surface area (Å²) in [5.74, 6) is 0.598. The van der Waals surface area contributed by atoms with Gasteiger partial charge in [0.1, 0.15) is 5.75 Å². The van der Waals surface area contributed by atoms with E-state index in [2.05, 4.69) is 11.1 Å². The Bertz CT molecular complexity index is 1170. The normalized spacial score (nSPS) is 13.1. The maximum Gasteiger partial charge on any atom is 0.264 e. The topological polar surface area (TPSA) is 83.3 Å². The average molecular weight is 391 g/mol. The summed E-state index contributed by atoms with van der Waals surface area (Å²) in [5.41, 5.74) is 3.44. The number of anilines is 1. The molecule has 1 aromatic heterocycles. The Kier molecular flexibility index (Phi) is 4.49. The second-order valence-electron chi connectivity index (χ2n) is 6.36. The highest BCUT2D eigenvalue weighted by molar-refractivity contribution is 7.92. The minimum absolute atomic E-state index is 0.204. The van der Waals surface area contributed by atoms with Crippen LogP contribution in [0.5, 0.6) is 5.75 Å². The van der Waals surface area contributed by atoms with E-state index in [9.17, 15) is 8.42 Å². The Hall–Kier alpha value is -3.37. The zero-order chi connectivity index (χ0) is 19.7. The summed E-state index contributed by atoms with van der Waals surface area (Å²) >= 11 is 0. The van der Waals surface area contributed by atoms with E-state index in [4.69, 9.17) is 10.00 Å². The number of fused-ring (bicyclic) bond motifs is 1. The molecule has 0 saturated carbocycles. The molecule has 140 valence electrons. The third kappa shape index (κ3) is 2.98. The summed E-state index contributed by atoms with van der Waals surface area (Å²) < 4.78 is 33.1. The van der Waals surface area contributed by atoms with Crippen LogP contribution in [0.2, 0.25) is 0 Å². The Morgan fingerprint density at radius 2 is 1.79 bits per heavy atom.